The molecule has 1 atom stereocenters. The molecule has 0 fully saturated rings. The van der Waals surface area contributed by atoms with Crippen LogP contribution in [0, 0.1) is 5.82 Å². The molecule has 0 radical (unpaired) electrons. The maximum absolute atomic E-state index is 13.7. The fourth-order valence-electron chi connectivity index (χ4n) is 1.72. The van der Waals surface area contributed by atoms with E-state index in [0.717, 1.165) is 16.0 Å². The number of likely N-dealkylation sites (N-methyl/N-ethyl adjacent to an activating group) is 1. The largest absolute Gasteiger partial charge is 0.319 e. The summed E-state index contributed by atoms with van der Waals surface area (Å²) < 4.78 is 14.6. The first-order valence-electron chi connectivity index (χ1n) is 5.67. The smallest absolute Gasteiger partial charge is 0.132 e. The maximum Gasteiger partial charge on any atom is 0.132 e. The number of nitrogens with one attached hydrogen (secondary N) is 1. The Balaban J connectivity index is 2.32. The first-order chi connectivity index (χ1) is 8.61. The number of nitrogens with zero attached hydrogens (tertiary/aromatic N) is 1. The van der Waals surface area contributed by atoms with Crippen LogP contribution in [0.15, 0.2) is 28.1 Å². The van der Waals surface area contributed by atoms with Crippen LogP contribution in [0.1, 0.15) is 17.8 Å². The number of aromatic nitrogens is 1. The van der Waals surface area contributed by atoms with Gasteiger partial charge in [-0.05, 0) is 25.2 Å². The van der Waals surface area contributed by atoms with E-state index in [2.05, 4.69) is 33.2 Å². The molecule has 0 aliphatic heterocycles. The van der Waals surface area contributed by atoms with Gasteiger partial charge in [-0.3, -0.25) is 0 Å². The fraction of sp³-hybridized carbons (Fsp3) is 0.308. The van der Waals surface area contributed by atoms with Gasteiger partial charge >= 0.3 is 0 Å². The third-order valence-corrected chi connectivity index (χ3v) is 4.23. The number of benzene rings is 1. The molecule has 1 aromatic carbocycles. The lowest BCUT2D eigenvalue weighted by atomic mass is 10.1. The Bertz CT molecular complexity index is 542. The van der Waals surface area contributed by atoms with E-state index in [1.165, 1.54) is 6.07 Å². The van der Waals surface area contributed by atoms with Gasteiger partial charge in [0.2, 0.25) is 0 Å². The lowest BCUT2D eigenvalue weighted by Crippen LogP contribution is -2.14. The van der Waals surface area contributed by atoms with Crippen LogP contribution < -0.4 is 5.32 Å². The van der Waals surface area contributed by atoms with Crippen LogP contribution in [0.2, 0.25) is 0 Å². The first kappa shape index (κ1) is 13.6. The number of rotatable bonds is 4. The standard InChI is InChI=1S/C13H14BrFN2S/c1-8(6-16-2)13-17-12(7-18-13)10-5-9(14)3-4-11(10)15/h3-5,7-8,16H,6H2,1-2H3. The Morgan fingerprint density at radius 2 is 2.28 bits per heavy atom. The third-order valence-electron chi connectivity index (χ3n) is 2.66. The number of halogens is 2. The van der Waals surface area contributed by atoms with E-state index in [-0.39, 0.29) is 5.82 Å². The molecule has 5 heteroatoms. The Morgan fingerprint density at radius 1 is 1.50 bits per heavy atom. The highest BCUT2D eigenvalue weighted by atomic mass is 79.9. The highest BCUT2D eigenvalue weighted by Gasteiger charge is 2.13. The van der Waals surface area contributed by atoms with Gasteiger partial charge in [-0.1, -0.05) is 22.9 Å². The molecule has 0 amide bonds. The summed E-state index contributed by atoms with van der Waals surface area (Å²) in [6.07, 6.45) is 0. The summed E-state index contributed by atoms with van der Waals surface area (Å²) in [5, 5.41) is 6.06. The van der Waals surface area contributed by atoms with Crippen LogP contribution in [-0.2, 0) is 0 Å². The van der Waals surface area contributed by atoms with Gasteiger partial charge in [0.25, 0.3) is 0 Å². The maximum atomic E-state index is 13.7. The average Bonchev–Trinajstić information content (AvgIpc) is 2.82. The van der Waals surface area contributed by atoms with Crippen LogP contribution in [0.4, 0.5) is 4.39 Å². The van der Waals surface area contributed by atoms with Crippen molar-refractivity contribution in [2.45, 2.75) is 12.8 Å². The van der Waals surface area contributed by atoms with E-state index < -0.39 is 0 Å². The third kappa shape index (κ3) is 2.96. The van der Waals surface area contributed by atoms with Crippen molar-refractivity contribution in [3.63, 3.8) is 0 Å². The zero-order valence-corrected chi connectivity index (χ0v) is 12.6. The number of thiazole rings is 1. The lowest BCUT2D eigenvalue weighted by molar-refractivity contribution is 0.630. The van der Waals surface area contributed by atoms with Crippen LogP contribution in [0.3, 0.4) is 0 Å². The zero-order valence-electron chi connectivity index (χ0n) is 10.2. The zero-order chi connectivity index (χ0) is 13.1. The Labute approximate surface area is 118 Å². The average molecular weight is 329 g/mol. The van der Waals surface area contributed by atoms with E-state index in [1.807, 2.05) is 12.4 Å². The van der Waals surface area contributed by atoms with Gasteiger partial charge in [0.1, 0.15) is 5.82 Å². The number of hydrogen-bond acceptors (Lipinski definition) is 3. The van der Waals surface area contributed by atoms with Crippen LogP contribution >= 0.6 is 27.3 Å². The molecule has 1 aromatic heterocycles. The van der Waals surface area contributed by atoms with Crippen molar-refractivity contribution in [1.82, 2.24) is 10.3 Å². The molecule has 0 aliphatic rings. The molecule has 0 aliphatic carbocycles. The molecular formula is C13H14BrFN2S. The van der Waals surface area contributed by atoms with Gasteiger partial charge in [0.15, 0.2) is 0 Å². The van der Waals surface area contributed by atoms with Crippen molar-refractivity contribution in [2.75, 3.05) is 13.6 Å². The van der Waals surface area contributed by atoms with E-state index in [9.17, 15) is 4.39 Å². The topological polar surface area (TPSA) is 24.9 Å². The van der Waals surface area contributed by atoms with Crippen molar-refractivity contribution in [2.24, 2.45) is 0 Å². The minimum Gasteiger partial charge on any atom is -0.319 e. The quantitative estimate of drug-likeness (QED) is 0.916. The summed E-state index contributed by atoms with van der Waals surface area (Å²) in [7, 11) is 1.92. The van der Waals surface area contributed by atoms with Gasteiger partial charge in [-0.2, -0.15) is 0 Å². The molecule has 2 rings (SSSR count). The number of hydrogen-bond donors (Lipinski definition) is 1. The van der Waals surface area contributed by atoms with E-state index in [4.69, 9.17) is 0 Å². The minimum absolute atomic E-state index is 0.240. The van der Waals surface area contributed by atoms with Gasteiger partial charge in [-0.15, -0.1) is 11.3 Å². The molecule has 0 bridgehead atoms. The predicted molar refractivity (Wildman–Crippen MR) is 77.5 cm³/mol. The molecule has 1 N–H and O–H groups in total. The van der Waals surface area contributed by atoms with Crippen molar-refractivity contribution >= 4 is 27.3 Å². The summed E-state index contributed by atoms with van der Waals surface area (Å²) in [5.41, 5.74) is 1.25. The Hall–Kier alpha value is -0.780. The second-order valence-corrected chi connectivity index (χ2v) is 5.96. The van der Waals surface area contributed by atoms with Crippen molar-refractivity contribution in [3.8, 4) is 11.3 Å². The van der Waals surface area contributed by atoms with E-state index in [1.54, 1.807) is 23.5 Å². The molecule has 1 unspecified atom stereocenters. The van der Waals surface area contributed by atoms with Gasteiger partial charge in [-0.25, -0.2) is 9.37 Å². The summed E-state index contributed by atoms with van der Waals surface area (Å²) in [4.78, 5) is 4.52. The van der Waals surface area contributed by atoms with Crippen LogP contribution in [0.5, 0.6) is 0 Å². The minimum atomic E-state index is -0.240. The van der Waals surface area contributed by atoms with Crippen LogP contribution in [-0.4, -0.2) is 18.6 Å². The second kappa shape index (κ2) is 5.91. The Morgan fingerprint density at radius 3 is 3.00 bits per heavy atom. The van der Waals surface area contributed by atoms with Crippen molar-refractivity contribution in [3.05, 3.63) is 38.9 Å². The molecule has 18 heavy (non-hydrogen) atoms. The summed E-state index contributed by atoms with van der Waals surface area (Å²) >= 11 is 4.93. The van der Waals surface area contributed by atoms with Crippen molar-refractivity contribution in [1.29, 1.82) is 0 Å². The molecule has 96 valence electrons. The van der Waals surface area contributed by atoms with Gasteiger partial charge < -0.3 is 5.32 Å². The van der Waals surface area contributed by atoms with Crippen LogP contribution in [0.25, 0.3) is 11.3 Å². The predicted octanol–water partition coefficient (Wildman–Crippen LogP) is 4.03. The molecular weight excluding hydrogens is 315 g/mol. The summed E-state index contributed by atoms with van der Waals surface area (Å²) in [6, 6.07) is 4.90. The van der Waals surface area contributed by atoms with E-state index in [0.29, 0.717) is 17.2 Å². The Kier molecular flexibility index (Phi) is 4.48. The van der Waals surface area contributed by atoms with Crippen molar-refractivity contribution < 1.29 is 4.39 Å². The molecule has 2 nitrogen and oxygen atoms in total. The van der Waals surface area contributed by atoms with Gasteiger partial charge in [0.05, 0.1) is 10.7 Å². The molecule has 0 saturated heterocycles. The van der Waals surface area contributed by atoms with E-state index >= 15 is 0 Å². The molecule has 0 saturated carbocycles. The normalized spacial score (nSPS) is 12.7. The highest BCUT2D eigenvalue weighted by molar-refractivity contribution is 9.10. The summed E-state index contributed by atoms with van der Waals surface area (Å²) in [6.45, 7) is 2.98. The first-order valence-corrected chi connectivity index (χ1v) is 7.34. The highest BCUT2D eigenvalue weighted by Crippen LogP contribution is 2.29. The van der Waals surface area contributed by atoms with Gasteiger partial charge in [0, 0.05) is 27.9 Å². The lowest BCUT2D eigenvalue weighted by Gasteiger charge is -2.06. The summed E-state index contributed by atoms with van der Waals surface area (Å²) in [5.74, 6) is 0.0975. The monoisotopic (exact) mass is 328 g/mol. The second-order valence-electron chi connectivity index (χ2n) is 4.15. The SMILES string of the molecule is CNCC(C)c1nc(-c2cc(Br)ccc2F)cs1. The molecule has 1 heterocycles. The molecule has 2 aromatic rings. The molecule has 0 spiro atoms. The fourth-order valence-corrected chi connectivity index (χ4v) is 2.96.